The van der Waals surface area contributed by atoms with Gasteiger partial charge in [0.2, 0.25) is 0 Å². The number of hydrogen-bond donors (Lipinski definition) is 1. The second kappa shape index (κ2) is 6.53. The standard InChI is InChI=1S/C15H28N4/c1-5-12(2)15-11-19(8-6-7-16-15)10-14-9-13(3)17-18(14)4/h9,12,15-16H,5-8,10-11H2,1-4H3. The SMILES string of the molecule is CCC(C)C1CN(Cc2cc(C)nn2C)CCCN1. The van der Waals surface area contributed by atoms with Crippen LogP contribution in [0.1, 0.15) is 38.1 Å². The highest BCUT2D eigenvalue weighted by Gasteiger charge is 2.22. The lowest BCUT2D eigenvalue weighted by atomic mass is 9.99. The van der Waals surface area contributed by atoms with Crippen molar-refractivity contribution >= 4 is 0 Å². The van der Waals surface area contributed by atoms with Crippen LogP contribution in [-0.4, -0.2) is 40.4 Å². The van der Waals surface area contributed by atoms with E-state index >= 15 is 0 Å². The summed E-state index contributed by atoms with van der Waals surface area (Å²) in [6.45, 7) is 11.2. The molecular formula is C15H28N4. The van der Waals surface area contributed by atoms with E-state index in [2.05, 4.69) is 42.2 Å². The fraction of sp³-hybridized carbons (Fsp3) is 0.800. The van der Waals surface area contributed by atoms with Crippen molar-refractivity contribution in [3.8, 4) is 0 Å². The monoisotopic (exact) mass is 264 g/mol. The molecule has 1 saturated heterocycles. The minimum absolute atomic E-state index is 0.627. The van der Waals surface area contributed by atoms with Gasteiger partial charge in [0.05, 0.1) is 11.4 Å². The lowest BCUT2D eigenvalue weighted by Crippen LogP contribution is -2.41. The summed E-state index contributed by atoms with van der Waals surface area (Å²) >= 11 is 0. The van der Waals surface area contributed by atoms with Crippen LogP contribution in [0.15, 0.2) is 6.07 Å². The van der Waals surface area contributed by atoms with Crippen molar-refractivity contribution in [1.29, 1.82) is 0 Å². The molecule has 1 aromatic rings. The molecule has 2 atom stereocenters. The quantitative estimate of drug-likeness (QED) is 0.902. The van der Waals surface area contributed by atoms with Gasteiger partial charge in [-0.25, -0.2) is 0 Å². The molecule has 1 N–H and O–H groups in total. The predicted octanol–water partition coefficient (Wildman–Crippen LogP) is 1.94. The first-order chi connectivity index (χ1) is 9.10. The van der Waals surface area contributed by atoms with E-state index in [1.165, 1.54) is 25.1 Å². The second-order valence-electron chi connectivity index (χ2n) is 5.94. The van der Waals surface area contributed by atoms with Gasteiger partial charge >= 0.3 is 0 Å². The molecule has 0 amide bonds. The Hall–Kier alpha value is -0.870. The Labute approximate surface area is 117 Å². The highest BCUT2D eigenvalue weighted by Crippen LogP contribution is 2.15. The van der Waals surface area contributed by atoms with Crippen molar-refractivity contribution < 1.29 is 0 Å². The molecular weight excluding hydrogens is 236 g/mol. The van der Waals surface area contributed by atoms with Crippen molar-refractivity contribution in [2.24, 2.45) is 13.0 Å². The number of aromatic nitrogens is 2. The molecule has 1 fully saturated rings. The lowest BCUT2D eigenvalue weighted by molar-refractivity contribution is 0.226. The van der Waals surface area contributed by atoms with Crippen LogP contribution in [0.5, 0.6) is 0 Å². The first-order valence-electron chi connectivity index (χ1n) is 7.55. The van der Waals surface area contributed by atoms with E-state index in [1.54, 1.807) is 0 Å². The highest BCUT2D eigenvalue weighted by atomic mass is 15.3. The van der Waals surface area contributed by atoms with Gasteiger partial charge in [-0.1, -0.05) is 20.3 Å². The van der Waals surface area contributed by atoms with Gasteiger partial charge in [0.15, 0.2) is 0 Å². The van der Waals surface area contributed by atoms with Gasteiger partial charge < -0.3 is 5.32 Å². The van der Waals surface area contributed by atoms with Crippen LogP contribution in [0.25, 0.3) is 0 Å². The zero-order valence-electron chi connectivity index (χ0n) is 12.8. The summed E-state index contributed by atoms with van der Waals surface area (Å²) in [7, 11) is 2.05. The van der Waals surface area contributed by atoms with Gasteiger partial charge in [-0.3, -0.25) is 9.58 Å². The first-order valence-corrected chi connectivity index (χ1v) is 7.55. The summed E-state index contributed by atoms with van der Waals surface area (Å²) in [5, 5.41) is 8.15. The molecule has 4 heteroatoms. The third-order valence-corrected chi connectivity index (χ3v) is 4.33. The first kappa shape index (κ1) is 14.5. The summed E-state index contributed by atoms with van der Waals surface area (Å²) in [6, 6.07) is 2.83. The molecule has 1 aliphatic heterocycles. The van der Waals surface area contributed by atoms with E-state index in [9.17, 15) is 0 Å². The van der Waals surface area contributed by atoms with Crippen LogP contribution in [0.2, 0.25) is 0 Å². The topological polar surface area (TPSA) is 33.1 Å². The molecule has 19 heavy (non-hydrogen) atoms. The summed E-state index contributed by atoms with van der Waals surface area (Å²) in [4.78, 5) is 2.58. The molecule has 0 saturated carbocycles. The largest absolute Gasteiger partial charge is 0.312 e. The molecule has 0 radical (unpaired) electrons. The third-order valence-electron chi connectivity index (χ3n) is 4.33. The van der Waals surface area contributed by atoms with Crippen LogP contribution < -0.4 is 5.32 Å². The minimum atomic E-state index is 0.627. The summed E-state index contributed by atoms with van der Waals surface area (Å²) in [5.41, 5.74) is 2.44. The van der Waals surface area contributed by atoms with Gasteiger partial charge in [0.25, 0.3) is 0 Å². The summed E-state index contributed by atoms with van der Waals surface area (Å²) < 4.78 is 2.02. The Morgan fingerprint density at radius 3 is 2.95 bits per heavy atom. The molecule has 2 heterocycles. The predicted molar refractivity (Wildman–Crippen MR) is 79.1 cm³/mol. The average molecular weight is 264 g/mol. The molecule has 108 valence electrons. The maximum Gasteiger partial charge on any atom is 0.0597 e. The zero-order chi connectivity index (χ0) is 13.8. The molecule has 0 aromatic carbocycles. The van der Waals surface area contributed by atoms with Crippen LogP contribution >= 0.6 is 0 Å². The van der Waals surface area contributed by atoms with E-state index in [1.807, 2.05) is 11.7 Å². The van der Waals surface area contributed by atoms with Crippen molar-refractivity contribution in [1.82, 2.24) is 20.0 Å². The van der Waals surface area contributed by atoms with Gasteiger partial charge in [-0.05, 0) is 38.4 Å². The fourth-order valence-electron chi connectivity index (χ4n) is 2.87. The minimum Gasteiger partial charge on any atom is -0.312 e. The Morgan fingerprint density at radius 2 is 2.32 bits per heavy atom. The van der Waals surface area contributed by atoms with Gasteiger partial charge in [-0.15, -0.1) is 0 Å². The lowest BCUT2D eigenvalue weighted by Gasteiger charge is -2.27. The van der Waals surface area contributed by atoms with Gasteiger partial charge in [0.1, 0.15) is 0 Å². The second-order valence-corrected chi connectivity index (χ2v) is 5.94. The Kier molecular flexibility index (Phi) is 4.99. The Bertz CT molecular complexity index is 399. The summed E-state index contributed by atoms with van der Waals surface area (Å²) in [5.74, 6) is 0.744. The fourth-order valence-corrected chi connectivity index (χ4v) is 2.87. The molecule has 2 unspecified atom stereocenters. The van der Waals surface area contributed by atoms with Crippen LogP contribution in [0.3, 0.4) is 0 Å². The average Bonchev–Trinajstić information content (AvgIpc) is 2.58. The molecule has 1 aromatic heterocycles. The maximum absolute atomic E-state index is 4.44. The molecule has 0 spiro atoms. The van der Waals surface area contributed by atoms with Gasteiger partial charge in [-0.2, -0.15) is 5.10 Å². The Balaban J connectivity index is 2.00. The van der Waals surface area contributed by atoms with Crippen molar-refractivity contribution in [3.63, 3.8) is 0 Å². The van der Waals surface area contributed by atoms with E-state index in [-0.39, 0.29) is 0 Å². The van der Waals surface area contributed by atoms with E-state index < -0.39 is 0 Å². The van der Waals surface area contributed by atoms with Crippen LogP contribution in [-0.2, 0) is 13.6 Å². The number of aryl methyl sites for hydroxylation is 2. The number of nitrogens with one attached hydrogen (secondary N) is 1. The normalized spacial score (nSPS) is 23.3. The molecule has 4 nitrogen and oxygen atoms in total. The van der Waals surface area contributed by atoms with Crippen LogP contribution in [0, 0.1) is 12.8 Å². The van der Waals surface area contributed by atoms with E-state index in [0.717, 1.165) is 31.2 Å². The highest BCUT2D eigenvalue weighted by molar-refractivity contribution is 5.08. The number of nitrogens with zero attached hydrogens (tertiary/aromatic N) is 3. The smallest absolute Gasteiger partial charge is 0.0597 e. The molecule has 0 bridgehead atoms. The third kappa shape index (κ3) is 3.80. The zero-order valence-corrected chi connectivity index (χ0v) is 12.8. The van der Waals surface area contributed by atoms with E-state index in [4.69, 9.17) is 0 Å². The van der Waals surface area contributed by atoms with Crippen LogP contribution in [0.4, 0.5) is 0 Å². The molecule has 0 aliphatic carbocycles. The summed E-state index contributed by atoms with van der Waals surface area (Å²) in [6.07, 6.45) is 2.49. The number of rotatable bonds is 4. The molecule has 2 rings (SSSR count). The Morgan fingerprint density at radius 1 is 1.53 bits per heavy atom. The molecule has 1 aliphatic rings. The van der Waals surface area contributed by atoms with Crippen molar-refractivity contribution in [2.45, 2.75) is 46.2 Å². The maximum atomic E-state index is 4.44. The van der Waals surface area contributed by atoms with Crippen molar-refractivity contribution in [2.75, 3.05) is 19.6 Å². The van der Waals surface area contributed by atoms with E-state index in [0.29, 0.717) is 6.04 Å². The van der Waals surface area contributed by atoms with Gasteiger partial charge in [0, 0.05) is 26.2 Å². The number of hydrogen-bond acceptors (Lipinski definition) is 3. The van der Waals surface area contributed by atoms with Crippen molar-refractivity contribution in [3.05, 3.63) is 17.5 Å².